The lowest BCUT2D eigenvalue weighted by atomic mass is 10.0. The highest BCUT2D eigenvalue weighted by Crippen LogP contribution is 2.34. The van der Waals surface area contributed by atoms with Gasteiger partial charge in [-0.3, -0.25) is 0 Å². The minimum Gasteiger partial charge on any atom is -0.132 e. The quantitative estimate of drug-likeness (QED) is 0.635. The maximum absolute atomic E-state index is 3.76. The number of thiophene rings is 1. The molecule has 16 heavy (non-hydrogen) atoms. The zero-order valence-electron chi connectivity index (χ0n) is 8.91. The van der Waals surface area contributed by atoms with Crippen LogP contribution in [0.4, 0.5) is 0 Å². The molecule has 3 heteroatoms. The van der Waals surface area contributed by atoms with Gasteiger partial charge in [-0.2, -0.15) is 0 Å². The van der Waals surface area contributed by atoms with Crippen LogP contribution in [-0.2, 0) is 6.42 Å². The van der Waals surface area contributed by atoms with Crippen LogP contribution in [0.15, 0.2) is 40.2 Å². The molecule has 0 saturated heterocycles. The fraction of sp³-hybridized carbons (Fsp3) is 0.231. The zero-order valence-corrected chi connectivity index (χ0v) is 12.9. The molecule has 0 N–H and O–H groups in total. The first-order chi connectivity index (χ1) is 7.66. The van der Waals surface area contributed by atoms with Crippen LogP contribution in [0.25, 0.3) is 0 Å². The molecule has 0 spiro atoms. The smallest absolute Gasteiger partial charge is 0.0701 e. The van der Waals surface area contributed by atoms with Gasteiger partial charge in [0.25, 0.3) is 0 Å². The largest absolute Gasteiger partial charge is 0.132 e. The summed E-state index contributed by atoms with van der Waals surface area (Å²) in [6.45, 7) is 2.17. The van der Waals surface area contributed by atoms with Crippen molar-refractivity contribution in [1.29, 1.82) is 0 Å². The average molecular weight is 360 g/mol. The first kappa shape index (κ1) is 12.3. The lowest BCUT2D eigenvalue weighted by Crippen LogP contribution is -1.95. The first-order valence-electron chi connectivity index (χ1n) is 5.10. The third kappa shape index (κ3) is 2.96. The average Bonchev–Trinajstić information content (AvgIpc) is 2.68. The Bertz CT molecular complexity index is 476. The van der Waals surface area contributed by atoms with Crippen LogP contribution in [-0.4, -0.2) is 0 Å². The Balaban J connectivity index is 2.13. The van der Waals surface area contributed by atoms with E-state index < -0.39 is 0 Å². The van der Waals surface area contributed by atoms with Crippen LogP contribution >= 0.6 is 43.2 Å². The third-order valence-electron chi connectivity index (χ3n) is 2.56. The molecule has 0 aliphatic heterocycles. The van der Waals surface area contributed by atoms with E-state index in [1.54, 1.807) is 11.3 Å². The Kier molecular flexibility index (Phi) is 4.22. The van der Waals surface area contributed by atoms with Crippen LogP contribution in [0.1, 0.15) is 20.8 Å². The summed E-state index contributed by atoms with van der Waals surface area (Å²) in [5.41, 5.74) is 2.77. The van der Waals surface area contributed by atoms with Crippen molar-refractivity contribution in [3.05, 3.63) is 56.2 Å². The Hall–Kier alpha value is -0.120. The van der Waals surface area contributed by atoms with Gasteiger partial charge in [0.05, 0.1) is 8.61 Å². The Morgan fingerprint density at radius 2 is 1.94 bits per heavy atom. The monoisotopic (exact) mass is 358 g/mol. The molecule has 1 heterocycles. The van der Waals surface area contributed by atoms with Gasteiger partial charge in [-0.1, -0.05) is 40.2 Å². The lowest BCUT2D eigenvalue weighted by Gasteiger charge is -2.09. The lowest BCUT2D eigenvalue weighted by molar-refractivity contribution is 0.957. The van der Waals surface area contributed by atoms with Crippen molar-refractivity contribution in [3.8, 4) is 0 Å². The molecule has 0 aliphatic rings. The molecule has 0 nitrogen and oxygen atoms in total. The fourth-order valence-corrected chi connectivity index (χ4v) is 3.81. The van der Waals surface area contributed by atoms with Gasteiger partial charge in [0.1, 0.15) is 0 Å². The van der Waals surface area contributed by atoms with Crippen molar-refractivity contribution in [2.45, 2.75) is 18.2 Å². The SMILES string of the molecule is Cc1ccccc1CC(Br)c1ccc(Br)s1. The highest BCUT2D eigenvalue weighted by atomic mass is 79.9. The van der Waals surface area contributed by atoms with E-state index in [0.717, 1.165) is 6.42 Å². The first-order valence-corrected chi connectivity index (χ1v) is 7.63. The van der Waals surface area contributed by atoms with E-state index in [9.17, 15) is 0 Å². The predicted molar refractivity (Wildman–Crippen MR) is 78.6 cm³/mol. The molecule has 0 fully saturated rings. The van der Waals surface area contributed by atoms with Crippen molar-refractivity contribution in [2.24, 2.45) is 0 Å². The number of alkyl halides is 1. The predicted octanol–water partition coefficient (Wildman–Crippen LogP) is 5.50. The highest BCUT2D eigenvalue weighted by molar-refractivity contribution is 9.11. The van der Waals surface area contributed by atoms with Gasteiger partial charge in [0.15, 0.2) is 0 Å². The highest BCUT2D eigenvalue weighted by Gasteiger charge is 2.11. The zero-order chi connectivity index (χ0) is 11.5. The summed E-state index contributed by atoms with van der Waals surface area (Å²) < 4.78 is 1.19. The molecule has 0 amide bonds. The van der Waals surface area contributed by atoms with Crippen molar-refractivity contribution >= 4 is 43.2 Å². The van der Waals surface area contributed by atoms with Gasteiger partial charge in [-0.05, 0) is 52.5 Å². The van der Waals surface area contributed by atoms with Crippen molar-refractivity contribution < 1.29 is 0 Å². The molecular formula is C13H12Br2S. The second-order valence-electron chi connectivity index (χ2n) is 3.74. The van der Waals surface area contributed by atoms with E-state index in [4.69, 9.17) is 0 Å². The van der Waals surface area contributed by atoms with Gasteiger partial charge in [0.2, 0.25) is 0 Å². The van der Waals surface area contributed by atoms with E-state index in [1.807, 2.05) is 0 Å². The molecule has 1 atom stereocenters. The van der Waals surface area contributed by atoms with E-state index in [1.165, 1.54) is 19.8 Å². The van der Waals surface area contributed by atoms with Crippen molar-refractivity contribution in [3.63, 3.8) is 0 Å². The molecule has 0 radical (unpaired) electrons. The molecule has 1 unspecified atom stereocenters. The summed E-state index contributed by atoms with van der Waals surface area (Å²) in [4.78, 5) is 1.78. The van der Waals surface area contributed by atoms with Crippen molar-refractivity contribution in [1.82, 2.24) is 0 Å². The summed E-state index contributed by atoms with van der Waals surface area (Å²) in [7, 11) is 0. The number of hydrogen-bond donors (Lipinski definition) is 0. The molecule has 84 valence electrons. The number of rotatable bonds is 3. The molecule has 0 saturated carbocycles. The second kappa shape index (κ2) is 5.48. The topological polar surface area (TPSA) is 0 Å². The number of aryl methyl sites for hydroxylation is 1. The normalized spacial score (nSPS) is 12.7. The molecule has 1 aromatic heterocycles. The van der Waals surface area contributed by atoms with Crippen LogP contribution in [0.3, 0.4) is 0 Å². The van der Waals surface area contributed by atoms with E-state index in [-0.39, 0.29) is 0 Å². The standard InChI is InChI=1S/C13H12Br2S/c1-9-4-2-3-5-10(9)8-11(14)12-6-7-13(15)16-12/h2-7,11H,8H2,1H3. The van der Waals surface area contributed by atoms with E-state index in [2.05, 4.69) is 75.2 Å². The number of halogens is 2. The Morgan fingerprint density at radius 3 is 2.56 bits per heavy atom. The molecular weight excluding hydrogens is 348 g/mol. The molecule has 2 aromatic rings. The van der Waals surface area contributed by atoms with Crippen LogP contribution in [0, 0.1) is 6.92 Å². The van der Waals surface area contributed by atoms with Crippen LogP contribution < -0.4 is 0 Å². The Morgan fingerprint density at radius 1 is 1.19 bits per heavy atom. The van der Waals surface area contributed by atoms with Gasteiger partial charge in [-0.25, -0.2) is 0 Å². The van der Waals surface area contributed by atoms with Gasteiger partial charge in [-0.15, -0.1) is 11.3 Å². The van der Waals surface area contributed by atoms with Crippen LogP contribution in [0.2, 0.25) is 0 Å². The summed E-state index contributed by atoms with van der Waals surface area (Å²) in [5, 5.41) is 0. The maximum Gasteiger partial charge on any atom is 0.0701 e. The van der Waals surface area contributed by atoms with E-state index in [0.29, 0.717) is 4.83 Å². The number of hydrogen-bond acceptors (Lipinski definition) is 1. The van der Waals surface area contributed by atoms with Gasteiger partial charge in [0, 0.05) is 4.88 Å². The molecule has 1 aromatic carbocycles. The van der Waals surface area contributed by atoms with Crippen LogP contribution in [0.5, 0.6) is 0 Å². The molecule has 0 bridgehead atoms. The number of benzene rings is 1. The summed E-state index contributed by atoms with van der Waals surface area (Å²) in [6, 6.07) is 12.8. The fourth-order valence-electron chi connectivity index (χ4n) is 1.63. The maximum atomic E-state index is 3.76. The second-order valence-corrected chi connectivity index (χ2v) is 7.34. The van der Waals surface area contributed by atoms with E-state index >= 15 is 0 Å². The van der Waals surface area contributed by atoms with Crippen molar-refractivity contribution in [2.75, 3.05) is 0 Å². The third-order valence-corrected chi connectivity index (χ3v) is 5.42. The summed E-state index contributed by atoms with van der Waals surface area (Å²) >= 11 is 9.05. The molecule has 0 aliphatic carbocycles. The Labute approximate surface area is 117 Å². The minimum absolute atomic E-state index is 0.407. The summed E-state index contributed by atoms with van der Waals surface area (Å²) in [6.07, 6.45) is 1.04. The molecule has 2 rings (SSSR count). The minimum atomic E-state index is 0.407. The van der Waals surface area contributed by atoms with Gasteiger partial charge < -0.3 is 0 Å². The van der Waals surface area contributed by atoms with Gasteiger partial charge >= 0.3 is 0 Å². The summed E-state index contributed by atoms with van der Waals surface area (Å²) in [5.74, 6) is 0.